The van der Waals surface area contributed by atoms with Gasteiger partial charge in [0.15, 0.2) is 0 Å². The molecule has 0 spiro atoms. The van der Waals surface area contributed by atoms with Gasteiger partial charge in [0.25, 0.3) is 0 Å². The summed E-state index contributed by atoms with van der Waals surface area (Å²) in [6.07, 6.45) is 10.3. The SMILES string of the molecule is COC[C@]12CC[C@@](C)(O)C[C@H]1CC[C@@H]1[C@@H]2CC[C@]2(C)C(=N)CC[C@@H]12. The van der Waals surface area contributed by atoms with Crippen LogP contribution in [0.25, 0.3) is 0 Å². The Kier molecular flexibility index (Phi) is 3.93. The predicted octanol–water partition coefficient (Wildman–Crippen LogP) is 4.43. The van der Waals surface area contributed by atoms with Crippen LogP contribution in [0.1, 0.15) is 71.6 Å². The maximum absolute atomic E-state index is 10.6. The lowest BCUT2D eigenvalue weighted by Crippen LogP contribution is -2.58. The summed E-state index contributed by atoms with van der Waals surface area (Å²) < 4.78 is 5.79. The third kappa shape index (κ3) is 2.26. The van der Waals surface area contributed by atoms with Crippen molar-refractivity contribution in [2.75, 3.05) is 13.7 Å². The van der Waals surface area contributed by atoms with E-state index in [-0.39, 0.29) is 10.8 Å². The number of methoxy groups -OCH3 is 1. The number of ether oxygens (including phenoxy) is 1. The van der Waals surface area contributed by atoms with Gasteiger partial charge in [-0.2, -0.15) is 0 Å². The van der Waals surface area contributed by atoms with Gasteiger partial charge in [-0.3, -0.25) is 0 Å². The molecule has 2 N–H and O–H groups in total. The topological polar surface area (TPSA) is 53.3 Å². The van der Waals surface area contributed by atoms with Crippen molar-refractivity contribution in [3.8, 4) is 0 Å². The maximum atomic E-state index is 10.6. The summed E-state index contributed by atoms with van der Waals surface area (Å²) >= 11 is 0. The molecule has 24 heavy (non-hydrogen) atoms. The molecule has 4 rings (SSSR count). The molecule has 0 aromatic rings. The summed E-state index contributed by atoms with van der Waals surface area (Å²) in [5, 5.41) is 19.1. The first-order valence-corrected chi connectivity index (χ1v) is 10.1. The normalized spacial score (nSPS) is 54.1. The molecule has 0 unspecified atom stereocenters. The van der Waals surface area contributed by atoms with Crippen LogP contribution in [0.2, 0.25) is 0 Å². The molecule has 4 saturated carbocycles. The van der Waals surface area contributed by atoms with E-state index < -0.39 is 5.60 Å². The molecule has 0 radical (unpaired) electrons. The van der Waals surface area contributed by atoms with Crippen molar-refractivity contribution in [3.63, 3.8) is 0 Å². The van der Waals surface area contributed by atoms with Crippen molar-refractivity contribution in [3.05, 3.63) is 0 Å². The highest BCUT2D eigenvalue weighted by Crippen LogP contribution is 2.66. The molecule has 7 atom stereocenters. The molecule has 0 heterocycles. The minimum Gasteiger partial charge on any atom is -0.390 e. The Morgan fingerprint density at radius 3 is 2.62 bits per heavy atom. The van der Waals surface area contributed by atoms with Crippen molar-refractivity contribution in [2.45, 2.75) is 77.2 Å². The molecule has 4 aliphatic rings. The molecule has 0 saturated heterocycles. The lowest BCUT2D eigenvalue weighted by atomic mass is 9.44. The van der Waals surface area contributed by atoms with Crippen molar-refractivity contribution >= 4 is 5.71 Å². The number of fused-ring (bicyclic) bond motifs is 5. The van der Waals surface area contributed by atoms with Crippen molar-refractivity contribution < 1.29 is 9.84 Å². The molecule has 0 aromatic carbocycles. The van der Waals surface area contributed by atoms with Crippen LogP contribution in [-0.4, -0.2) is 30.1 Å². The molecule has 0 aromatic heterocycles. The monoisotopic (exact) mass is 333 g/mol. The Morgan fingerprint density at radius 2 is 1.88 bits per heavy atom. The van der Waals surface area contributed by atoms with E-state index in [4.69, 9.17) is 10.1 Å². The number of hydrogen-bond acceptors (Lipinski definition) is 3. The zero-order valence-corrected chi connectivity index (χ0v) is 15.7. The summed E-state index contributed by atoms with van der Waals surface area (Å²) in [6.45, 7) is 5.28. The van der Waals surface area contributed by atoms with Crippen LogP contribution in [0.15, 0.2) is 0 Å². The lowest BCUT2D eigenvalue weighted by Gasteiger charge is -2.62. The number of rotatable bonds is 2. The summed E-state index contributed by atoms with van der Waals surface area (Å²) in [5.41, 5.74) is 1.02. The van der Waals surface area contributed by atoms with E-state index in [0.717, 1.165) is 55.8 Å². The smallest absolute Gasteiger partial charge is 0.0622 e. The first-order valence-electron chi connectivity index (χ1n) is 10.1. The van der Waals surface area contributed by atoms with Gasteiger partial charge in [-0.05, 0) is 93.8 Å². The first kappa shape index (κ1) is 17.0. The lowest BCUT2D eigenvalue weighted by molar-refractivity contribution is -0.167. The van der Waals surface area contributed by atoms with Crippen LogP contribution >= 0.6 is 0 Å². The molecule has 0 aliphatic heterocycles. The molecule has 0 amide bonds. The molecule has 3 heteroatoms. The number of hydrogen-bond donors (Lipinski definition) is 2. The number of nitrogens with one attached hydrogen (secondary N) is 1. The minimum atomic E-state index is -0.479. The summed E-state index contributed by atoms with van der Waals surface area (Å²) in [4.78, 5) is 0. The second-order valence-corrected chi connectivity index (χ2v) is 9.99. The highest BCUT2D eigenvalue weighted by molar-refractivity contribution is 5.89. The Hall–Kier alpha value is -0.410. The fourth-order valence-electron chi connectivity index (χ4n) is 7.60. The average molecular weight is 334 g/mol. The Bertz CT molecular complexity index is 530. The maximum Gasteiger partial charge on any atom is 0.0622 e. The van der Waals surface area contributed by atoms with Crippen LogP contribution in [0.5, 0.6) is 0 Å². The molecule has 0 bridgehead atoms. The Balaban J connectivity index is 1.67. The highest BCUT2D eigenvalue weighted by Gasteiger charge is 2.61. The third-order valence-electron chi connectivity index (χ3n) is 8.85. The van der Waals surface area contributed by atoms with Gasteiger partial charge in [-0.1, -0.05) is 6.92 Å². The summed E-state index contributed by atoms with van der Waals surface area (Å²) in [5.74, 6) is 2.87. The summed E-state index contributed by atoms with van der Waals surface area (Å²) in [6, 6.07) is 0. The van der Waals surface area contributed by atoms with E-state index in [1.807, 2.05) is 14.0 Å². The van der Waals surface area contributed by atoms with Gasteiger partial charge < -0.3 is 15.3 Å². The predicted molar refractivity (Wildman–Crippen MR) is 96.3 cm³/mol. The van der Waals surface area contributed by atoms with E-state index in [9.17, 15) is 5.11 Å². The molecular formula is C21H35NO2. The second-order valence-electron chi connectivity index (χ2n) is 9.99. The van der Waals surface area contributed by atoms with Gasteiger partial charge >= 0.3 is 0 Å². The van der Waals surface area contributed by atoms with Gasteiger partial charge in [0.05, 0.1) is 12.2 Å². The Morgan fingerprint density at radius 1 is 1.08 bits per heavy atom. The van der Waals surface area contributed by atoms with Crippen LogP contribution in [0, 0.1) is 39.9 Å². The molecule has 4 fully saturated rings. The van der Waals surface area contributed by atoms with E-state index in [1.165, 1.54) is 32.1 Å². The van der Waals surface area contributed by atoms with E-state index >= 15 is 0 Å². The fourth-order valence-corrected chi connectivity index (χ4v) is 7.60. The highest BCUT2D eigenvalue weighted by atomic mass is 16.5. The molecule has 136 valence electrons. The standard InChI is InChI=1S/C21H35NO2/c1-19(23)10-11-21(13-24-3)14(12-19)4-5-15-16-6-7-18(22)20(16,2)9-8-17(15)21/h14-17,22-23H,4-13H2,1-3H3/t14-,15+,16+,17+,19-,20+,21-/m1/s1. The van der Waals surface area contributed by atoms with Crippen LogP contribution in [0.4, 0.5) is 0 Å². The molecule has 3 nitrogen and oxygen atoms in total. The molecule has 4 aliphatic carbocycles. The molecular weight excluding hydrogens is 298 g/mol. The van der Waals surface area contributed by atoms with Crippen molar-refractivity contribution in [1.82, 2.24) is 0 Å². The van der Waals surface area contributed by atoms with Gasteiger partial charge in [0, 0.05) is 18.2 Å². The van der Waals surface area contributed by atoms with Crippen molar-refractivity contribution in [1.29, 1.82) is 5.41 Å². The average Bonchev–Trinajstić information content (AvgIpc) is 2.83. The number of aliphatic hydroxyl groups is 1. The van der Waals surface area contributed by atoms with Gasteiger partial charge in [-0.15, -0.1) is 0 Å². The second kappa shape index (κ2) is 5.54. The zero-order chi connectivity index (χ0) is 17.2. The van der Waals surface area contributed by atoms with Crippen LogP contribution in [0.3, 0.4) is 0 Å². The van der Waals surface area contributed by atoms with Gasteiger partial charge in [-0.25, -0.2) is 0 Å². The van der Waals surface area contributed by atoms with Crippen LogP contribution in [-0.2, 0) is 4.74 Å². The fraction of sp³-hybridized carbons (Fsp3) is 0.952. The van der Waals surface area contributed by atoms with Gasteiger partial charge in [0.2, 0.25) is 0 Å². The Labute approximate surface area is 147 Å². The zero-order valence-electron chi connectivity index (χ0n) is 15.7. The third-order valence-corrected chi connectivity index (χ3v) is 8.85. The van der Waals surface area contributed by atoms with Gasteiger partial charge in [0.1, 0.15) is 0 Å². The summed E-state index contributed by atoms with van der Waals surface area (Å²) in [7, 11) is 1.86. The minimum absolute atomic E-state index is 0.183. The van der Waals surface area contributed by atoms with Crippen molar-refractivity contribution in [2.24, 2.45) is 34.5 Å². The van der Waals surface area contributed by atoms with E-state index in [1.54, 1.807) is 0 Å². The largest absolute Gasteiger partial charge is 0.390 e. The van der Waals surface area contributed by atoms with Crippen LogP contribution < -0.4 is 0 Å². The van der Waals surface area contributed by atoms with E-state index in [0.29, 0.717) is 5.92 Å². The van der Waals surface area contributed by atoms with E-state index in [2.05, 4.69) is 6.92 Å². The quantitative estimate of drug-likeness (QED) is 0.785. The first-order chi connectivity index (χ1) is 11.3.